The van der Waals surface area contributed by atoms with Crippen molar-refractivity contribution < 1.29 is 0 Å². The summed E-state index contributed by atoms with van der Waals surface area (Å²) in [5, 5.41) is 15.8. The fourth-order valence-electron chi connectivity index (χ4n) is 1.98. The Kier molecular flexibility index (Phi) is 3.75. The smallest absolute Gasteiger partial charge is 0.246 e. The first-order valence-electron chi connectivity index (χ1n) is 6.61. The minimum atomic E-state index is 0.181. The van der Waals surface area contributed by atoms with Crippen LogP contribution in [0.25, 0.3) is 10.6 Å². The number of thiazole rings is 1. The van der Waals surface area contributed by atoms with Crippen molar-refractivity contribution in [2.45, 2.75) is 19.9 Å². The van der Waals surface area contributed by atoms with E-state index in [1.807, 2.05) is 11.4 Å². The monoisotopic (exact) mass is 295 g/mol. The molecule has 0 N–H and O–H groups in total. The highest BCUT2D eigenvalue weighted by Gasteiger charge is 2.07. The zero-order valence-electron chi connectivity index (χ0n) is 11.5. The van der Waals surface area contributed by atoms with Crippen LogP contribution in [0.3, 0.4) is 0 Å². The molecule has 6 heteroatoms. The van der Waals surface area contributed by atoms with Crippen LogP contribution in [-0.4, -0.2) is 19.7 Å². The van der Waals surface area contributed by atoms with Crippen molar-refractivity contribution in [3.8, 4) is 16.6 Å². The van der Waals surface area contributed by atoms with Crippen LogP contribution in [0.15, 0.2) is 36.0 Å². The van der Waals surface area contributed by atoms with E-state index in [1.165, 1.54) is 5.56 Å². The SMILES string of the molecule is CCc1ccc(-c2nc(Cn3cnc(C#N)n3)cs2)cc1. The molecule has 0 saturated carbocycles. The molecule has 0 amide bonds. The summed E-state index contributed by atoms with van der Waals surface area (Å²) in [6.07, 6.45) is 2.59. The zero-order valence-corrected chi connectivity index (χ0v) is 12.3. The maximum absolute atomic E-state index is 8.71. The van der Waals surface area contributed by atoms with Gasteiger partial charge < -0.3 is 0 Å². The summed E-state index contributed by atoms with van der Waals surface area (Å²) in [6.45, 7) is 2.67. The summed E-state index contributed by atoms with van der Waals surface area (Å²) in [5.74, 6) is 0.181. The molecule has 5 nitrogen and oxygen atoms in total. The molecule has 0 aliphatic heterocycles. The van der Waals surface area contributed by atoms with Gasteiger partial charge in [0.2, 0.25) is 0 Å². The van der Waals surface area contributed by atoms with Gasteiger partial charge in [0.25, 0.3) is 5.82 Å². The lowest BCUT2D eigenvalue weighted by atomic mass is 10.1. The van der Waals surface area contributed by atoms with E-state index in [1.54, 1.807) is 22.3 Å². The molecule has 21 heavy (non-hydrogen) atoms. The topological polar surface area (TPSA) is 67.4 Å². The van der Waals surface area contributed by atoms with E-state index in [-0.39, 0.29) is 5.82 Å². The maximum atomic E-state index is 8.71. The quantitative estimate of drug-likeness (QED) is 0.742. The summed E-state index contributed by atoms with van der Waals surface area (Å²) in [4.78, 5) is 8.49. The molecular formula is C15H13N5S. The zero-order chi connectivity index (χ0) is 14.7. The molecule has 2 aromatic heterocycles. The van der Waals surface area contributed by atoms with E-state index >= 15 is 0 Å². The highest BCUT2D eigenvalue weighted by atomic mass is 32.1. The van der Waals surface area contributed by atoms with Crippen LogP contribution in [0.2, 0.25) is 0 Å². The van der Waals surface area contributed by atoms with Gasteiger partial charge in [-0.15, -0.1) is 16.4 Å². The van der Waals surface area contributed by atoms with Gasteiger partial charge in [0.05, 0.1) is 12.2 Å². The van der Waals surface area contributed by atoms with E-state index in [9.17, 15) is 0 Å². The van der Waals surface area contributed by atoms with Gasteiger partial charge in [0.1, 0.15) is 17.4 Å². The molecule has 0 bridgehead atoms. The third-order valence-electron chi connectivity index (χ3n) is 3.12. The predicted molar refractivity (Wildman–Crippen MR) is 80.8 cm³/mol. The molecule has 1 aromatic carbocycles. The first kappa shape index (κ1) is 13.5. The summed E-state index contributed by atoms with van der Waals surface area (Å²) < 4.78 is 1.62. The number of aryl methyl sites for hydroxylation is 1. The van der Waals surface area contributed by atoms with Gasteiger partial charge in [-0.1, -0.05) is 31.2 Å². The second-order valence-electron chi connectivity index (χ2n) is 4.57. The Morgan fingerprint density at radius 2 is 2.10 bits per heavy atom. The number of hydrogen-bond donors (Lipinski definition) is 0. The fourth-order valence-corrected chi connectivity index (χ4v) is 2.80. The van der Waals surface area contributed by atoms with Crippen molar-refractivity contribution in [3.63, 3.8) is 0 Å². The van der Waals surface area contributed by atoms with Crippen molar-refractivity contribution in [3.05, 3.63) is 53.1 Å². The Bertz CT molecular complexity index is 779. The Balaban J connectivity index is 1.77. The highest BCUT2D eigenvalue weighted by Crippen LogP contribution is 2.24. The lowest BCUT2D eigenvalue weighted by Gasteiger charge is -1.99. The first-order chi connectivity index (χ1) is 10.3. The van der Waals surface area contributed by atoms with E-state index in [2.05, 4.69) is 46.3 Å². The minimum absolute atomic E-state index is 0.181. The molecule has 0 unspecified atom stereocenters. The van der Waals surface area contributed by atoms with Crippen molar-refractivity contribution in [1.82, 2.24) is 19.7 Å². The molecule has 0 radical (unpaired) electrons. The highest BCUT2D eigenvalue weighted by molar-refractivity contribution is 7.13. The van der Waals surface area contributed by atoms with Crippen LogP contribution >= 0.6 is 11.3 Å². The average molecular weight is 295 g/mol. The number of aromatic nitrogens is 4. The number of benzene rings is 1. The number of nitrogens with zero attached hydrogens (tertiary/aromatic N) is 5. The summed E-state index contributed by atoms with van der Waals surface area (Å²) >= 11 is 1.61. The van der Waals surface area contributed by atoms with Crippen molar-refractivity contribution in [2.24, 2.45) is 0 Å². The normalized spacial score (nSPS) is 10.5. The third kappa shape index (κ3) is 2.98. The second kappa shape index (κ2) is 5.85. The second-order valence-corrected chi connectivity index (χ2v) is 5.43. The standard InChI is InChI=1S/C15H13N5S/c1-2-11-3-5-12(6-4-11)15-18-13(9-21-15)8-20-10-17-14(7-16)19-20/h3-6,9-10H,2,8H2,1H3. The van der Waals surface area contributed by atoms with Gasteiger partial charge in [0.15, 0.2) is 0 Å². The molecule has 104 valence electrons. The largest absolute Gasteiger partial charge is 0.252 e. The summed E-state index contributed by atoms with van der Waals surface area (Å²) in [6, 6.07) is 10.4. The lowest BCUT2D eigenvalue weighted by Crippen LogP contribution is -2.00. The Hall–Kier alpha value is -2.52. The van der Waals surface area contributed by atoms with Crippen LogP contribution in [0, 0.1) is 11.3 Å². The van der Waals surface area contributed by atoms with Gasteiger partial charge in [-0.3, -0.25) is 0 Å². The van der Waals surface area contributed by atoms with E-state index in [0.29, 0.717) is 6.54 Å². The lowest BCUT2D eigenvalue weighted by molar-refractivity contribution is 0.672. The molecule has 0 fully saturated rings. The molecular weight excluding hydrogens is 282 g/mol. The third-order valence-corrected chi connectivity index (χ3v) is 4.06. The van der Waals surface area contributed by atoms with Crippen molar-refractivity contribution in [1.29, 1.82) is 5.26 Å². The van der Waals surface area contributed by atoms with Crippen LogP contribution in [0.1, 0.15) is 24.0 Å². The van der Waals surface area contributed by atoms with Crippen LogP contribution in [0.4, 0.5) is 0 Å². The van der Waals surface area contributed by atoms with Gasteiger partial charge >= 0.3 is 0 Å². The minimum Gasteiger partial charge on any atom is -0.246 e. The molecule has 3 rings (SSSR count). The average Bonchev–Trinajstić information content (AvgIpc) is 3.17. The van der Waals surface area contributed by atoms with Gasteiger partial charge in [-0.2, -0.15) is 5.26 Å². The van der Waals surface area contributed by atoms with Gasteiger partial charge in [-0.25, -0.2) is 14.6 Å². The Morgan fingerprint density at radius 1 is 1.29 bits per heavy atom. The summed E-state index contributed by atoms with van der Waals surface area (Å²) in [5.41, 5.74) is 3.37. The van der Waals surface area contributed by atoms with E-state index < -0.39 is 0 Å². The number of hydrogen-bond acceptors (Lipinski definition) is 5. The Labute approximate surface area is 126 Å². The molecule has 3 aromatic rings. The van der Waals surface area contributed by atoms with Gasteiger partial charge in [-0.05, 0) is 12.0 Å². The molecule has 0 aliphatic rings. The molecule has 0 atom stereocenters. The molecule has 0 spiro atoms. The van der Waals surface area contributed by atoms with Crippen molar-refractivity contribution in [2.75, 3.05) is 0 Å². The number of nitriles is 1. The van der Waals surface area contributed by atoms with Crippen LogP contribution in [0.5, 0.6) is 0 Å². The number of rotatable bonds is 4. The van der Waals surface area contributed by atoms with E-state index in [0.717, 1.165) is 22.7 Å². The maximum Gasteiger partial charge on any atom is 0.252 e. The summed E-state index contributed by atoms with van der Waals surface area (Å²) in [7, 11) is 0. The first-order valence-corrected chi connectivity index (χ1v) is 7.49. The van der Waals surface area contributed by atoms with Crippen molar-refractivity contribution >= 4 is 11.3 Å². The molecule has 2 heterocycles. The molecule has 0 aliphatic carbocycles. The predicted octanol–water partition coefficient (Wildman–Crippen LogP) is 2.88. The van der Waals surface area contributed by atoms with E-state index in [4.69, 9.17) is 5.26 Å². The van der Waals surface area contributed by atoms with Crippen LogP contribution in [-0.2, 0) is 13.0 Å². The Morgan fingerprint density at radius 3 is 2.76 bits per heavy atom. The molecule has 0 saturated heterocycles. The van der Waals surface area contributed by atoms with Gasteiger partial charge in [0, 0.05) is 10.9 Å². The van der Waals surface area contributed by atoms with Crippen LogP contribution < -0.4 is 0 Å². The fraction of sp³-hybridized carbons (Fsp3) is 0.200.